The predicted octanol–water partition coefficient (Wildman–Crippen LogP) is 5.60. The molecule has 0 aliphatic rings. The van der Waals surface area contributed by atoms with Crippen LogP contribution in [-0.4, -0.2) is 0 Å². The molecule has 22 heavy (non-hydrogen) atoms. The van der Waals surface area contributed by atoms with E-state index in [4.69, 9.17) is 0 Å². The fourth-order valence-electron chi connectivity index (χ4n) is 2.41. The van der Waals surface area contributed by atoms with Gasteiger partial charge < -0.3 is 10.6 Å². The van der Waals surface area contributed by atoms with E-state index in [0.29, 0.717) is 0 Å². The Labute approximate surface area is 131 Å². The summed E-state index contributed by atoms with van der Waals surface area (Å²) < 4.78 is 0. The summed E-state index contributed by atoms with van der Waals surface area (Å²) in [6, 6.07) is 29.3. The van der Waals surface area contributed by atoms with Gasteiger partial charge in [0.1, 0.15) is 0 Å². The first-order valence-corrected chi connectivity index (χ1v) is 7.55. The van der Waals surface area contributed by atoms with Crippen LogP contribution in [0.15, 0.2) is 84.9 Å². The van der Waals surface area contributed by atoms with Gasteiger partial charge in [0, 0.05) is 23.1 Å². The van der Waals surface area contributed by atoms with E-state index in [-0.39, 0.29) is 6.04 Å². The van der Waals surface area contributed by atoms with E-state index in [2.05, 4.69) is 78.2 Å². The van der Waals surface area contributed by atoms with Crippen molar-refractivity contribution in [2.45, 2.75) is 13.0 Å². The number of nitrogens with one attached hydrogen (secondary N) is 2. The van der Waals surface area contributed by atoms with Crippen molar-refractivity contribution < 1.29 is 0 Å². The highest BCUT2D eigenvalue weighted by atomic mass is 14.9. The van der Waals surface area contributed by atoms with Crippen molar-refractivity contribution in [2.24, 2.45) is 0 Å². The van der Waals surface area contributed by atoms with Crippen LogP contribution < -0.4 is 10.6 Å². The van der Waals surface area contributed by atoms with Gasteiger partial charge in [-0.2, -0.15) is 0 Å². The summed E-state index contributed by atoms with van der Waals surface area (Å²) in [6.45, 7) is 2.17. The number of benzene rings is 3. The van der Waals surface area contributed by atoms with Crippen LogP contribution in [0, 0.1) is 0 Å². The van der Waals surface area contributed by atoms with Crippen LogP contribution in [0.4, 0.5) is 17.1 Å². The van der Waals surface area contributed by atoms with Crippen LogP contribution in [0.5, 0.6) is 0 Å². The van der Waals surface area contributed by atoms with Crippen molar-refractivity contribution in [1.82, 2.24) is 0 Å². The summed E-state index contributed by atoms with van der Waals surface area (Å²) in [4.78, 5) is 0. The van der Waals surface area contributed by atoms with Gasteiger partial charge in [0.15, 0.2) is 0 Å². The lowest BCUT2D eigenvalue weighted by molar-refractivity contribution is 0.885. The summed E-state index contributed by atoms with van der Waals surface area (Å²) in [5.74, 6) is 0. The lowest BCUT2D eigenvalue weighted by Crippen LogP contribution is -2.06. The van der Waals surface area contributed by atoms with E-state index < -0.39 is 0 Å². The first-order chi connectivity index (χ1) is 10.8. The lowest BCUT2D eigenvalue weighted by atomic mass is 10.1. The number of rotatable bonds is 5. The second kappa shape index (κ2) is 6.81. The molecule has 0 saturated carbocycles. The molecule has 0 unspecified atom stereocenters. The second-order valence-electron chi connectivity index (χ2n) is 5.35. The molecule has 2 heteroatoms. The molecule has 0 fully saturated rings. The Morgan fingerprint density at radius 1 is 0.591 bits per heavy atom. The lowest BCUT2D eigenvalue weighted by Gasteiger charge is -2.16. The molecule has 0 bridgehead atoms. The number of hydrogen-bond acceptors (Lipinski definition) is 2. The van der Waals surface area contributed by atoms with Crippen LogP contribution in [0.2, 0.25) is 0 Å². The summed E-state index contributed by atoms with van der Waals surface area (Å²) in [5.41, 5.74) is 4.59. The van der Waals surface area contributed by atoms with E-state index in [1.54, 1.807) is 0 Å². The van der Waals surface area contributed by atoms with Crippen LogP contribution in [-0.2, 0) is 0 Å². The second-order valence-corrected chi connectivity index (χ2v) is 5.35. The largest absolute Gasteiger partial charge is 0.379 e. The van der Waals surface area contributed by atoms with Gasteiger partial charge >= 0.3 is 0 Å². The molecule has 3 rings (SSSR count). The molecule has 0 heterocycles. The van der Waals surface area contributed by atoms with Gasteiger partial charge in [-0.05, 0) is 48.9 Å². The van der Waals surface area contributed by atoms with Crippen molar-refractivity contribution in [3.05, 3.63) is 90.5 Å². The van der Waals surface area contributed by atoms with Gasteiger partial charge in [-0.3, -0.25) is 0 Å². The summed E-state index contributed by atoms with van der Waals surface area (Å²) in [7, 11) is 0. The molecule has 3 aromatic carbocycles. The molecule has 0 aliphatic carbocycles. The molecule has 3 aromatic rings. The molecule has 1 atom stereocenters. The predicted molar refractivity (Wildman–Crippen MR) is 94.6 cm³/mol. The Bertz CT molecular complexity index is 691. The fraction of sp³-hybridized carbons (Fsp3) is 0.100. The number of para-hydroxylation sites is 1. The highest BCUT2D eigenvalue weighted by molar-refractivity contribution is 5.62. The Kier molecular flexibility index (Phi) is 4.40. The number of anilines is 3. The third-order valence-corrected chi connectivity index (χ3v) is 3.63. The maximum Gasteiger partial charge on any atom is 0.0485 e. The molecular weight excluding hydrogens is 268 g/mol. The third-order valence-electron chi connectivity index (χ3n) is 3.63. The van der Waals surface area contributed by atoms with E-state index in [0.717, 1.165) is 17.1 Å². The Morgan fingerprint density at radius 2 is 1.09 bits per heavy atom. The standard InChI is InChI=1S/C20H20N2/c1-16(17-8-4-2-5-9-17)21-19-12-14-20(15-13-19)22-18-10-6-3-7-11-18/h2-16,21-22H,1H3/t16-/m1/s1. The normalized spacial score (nSPS) is 11.7. The van der Waals surface area contributed by atoms with Gasteiger partial charge in [-0.15, -0.1) is 0 Å². The van der Waals surface area contributed by atoms with E-state index in [1.165, 1.54) is 5.56 Å². The topological polar surface area (TPSA) is 24.1 Å². The van der Waals surface area contributed by atoms with E-state index in [9.17, 15) is 0 Å². The molecule has 0 aromatic heterocycles. The Morgan fingerprint density at radius 3 is 1.73 bits per heavy atom. The highest BCUT2D eigenvalue weighted by Crippen LogP contribution is 2.22. The van der Waals surface area contributed by atoms with Crippen LogP contribution in [0.25, 0.3) is 0 Å². The molecular formula is C20H20N2. The van der Waals surface area contributed by atoms with Crippen LogP contribution in [0.3, 0.4) is 0 Å². The average Bonchev–Trinajstić information content (AvgIpc) is 2.58. The quantitative estimate of drug-likeness (QED) is 0.638. The smallest absolute Gasteiger partial charge is 0.0485 e. The molecule has 0 saturated heterocycles. The monoisotopic (exact) mass is 288 g/mol. The number of hydrogen-bond donors (Lipinski definition) is 2. The molecule has 0 aliphatic heterocycles. The minimum absolute atomic E-state index is 0.286. The van der Waals surface area contributed by atoms with Crippen molar-refractivity contribution in [3.8, 4) is 0 Å². The van der Waals surface area contributed by atoms with Crippen LogP contribution >= 0.6 is 0 Å². The molecule has 2 N–H and O–H groups in total. The first kappa shape index (κ1) is 14.2. The van der Waals surface area contributed by atoms with Gasteiger partial charge in [0.05, 0.1) is 0 Å². The third kappa shape index (κ3) is 3.67. The van der Waals surface area contributed by atoms with Crippen molar-refractivity contribution >= 4 is 17.1 Å². The molecule has 0 spiro atoms. The van der Waals surface area contributed by atoms with Crippen molar-refractivity contribution in [3.63, 3.8) is 0 Å². The maximum atomic E-state index is 3.52. The summed E-state index contributed by atoms with van der Waals surface area (Å²) in [6.07, 6.45) is 0. The first-order valence-electron chi connectivity index (χ1n) is 7.55. The van der Waals surface area contributed by atoms with Crippen LogP contribution in [0.1, 0.15) is 18.5 Å². The molecule has 2 nitrogen and oxygen atoms in total. The zero-order valence-corrected chi connectivity index (χ0v) is 12.7. The summed E-state index contributed by atoms with van der Waals surface area (Å²) >= 11 is 0. The average molecular weight is 288 g/mol. The Balaban J connectivity index is 1.64. The van der Waals surface area contributed by atoms with E-state index in [1.807, 2.05) is 24.3 Å². The SMILES string of the molecule is C[C@@H](Nc1ccc(Nc2ccccc2)cc1)c1ccccc1. The zero-order valence-electron chi connectivity index (χ0n) is 12.7. The molecule has 110 valence electrons. The van der Waals surface area contributed by atoms with Crippen molar-refractivity contribution in [2.75, 3.05) is 10.6 Å². The minimum Gasteiger partial charge on any atom is -0.379 e. The zero-order chi connectivity index (χ0) is 15.2. The minimum atomic E-state index is 0.286. The van der Waals surface area contributed by atoms with Crippen molar-refractivity contribution in [1.29, 1.82) is 0 Å². The van der Waals surface area contributed by atoms with Gasteiger partial charge in [-0.1, -0.05) is 48.5 Å². The fourth-order valence-corrected chi connectivity index (χ4v) is 2.41. The Hall–Kier alpha value is -2.74. The van der Waals surface area contributed by atoms with Gasteiger partial charge in [0.25, 0.3) is 0 Å². The maximum absolute atomic E-state index is 3.52. The highest BCUT2D eigenvalue weighted by Gasteiger charge is 2.04. The molecule has 0 radical (unpaired) electrons. The van der Waals surface area contributed by atoms with E-state index >= 15 is 0 Å². The summed E-state index contributed by atoms with van der Waals surface area (Å²) in [5, 5.41) is 6.91. The molecule has 0 amide bonds. The van der Waals surface area contributed by atoms with Gasteiger partial charge in [0.2, 0.25) is 0 Å². The van der Waals surface area contributed by atoms with Gasteiger partial charge in [-0.25, -0.2) is 0 Å².